The van der Waals surface area contributed by atoms with E-state index < -0.39 is 12.0 Å². The van der Waals surface area contributed by atoms with Crippen molar-refractivity contribution in [2.75, 3.05) is 32.2 Å². The number of thiazole rings is 1. The molecule has 1 unspecified atom stereocenters. The Balaban J connectivity index is 1.88. The van der Waals surface area contributed by atoms with Crippen LogP contribution in [0.3, 0.4) is 0 Å². The van der Waals surface area contributed by atoms with Crippen LogP contribution in [-0.4, -0.2) is 37.8 Å². The van der Waals surface area contributed by atoms with E-state index >= 15 is 0 Å². The molecular weight excluding hydrogens is 462 g/mol. The number of nitrogens with zero attached hydrogens (tertiary/aromatic N) is 3. The van der Waals surface area contributed by atoms with Gasteiger partial charge in [-0.05, 0) is 62.2 Å². The molecule has 8 heteroatoms. The van der Waals surface area contributed by atoms with Crippen LogP contribution in [0.4, 0.5) is 5.69 Å². The highest BCUT2D eigenvalue weighted by atomic mass is 32.1. The first kappa shape index (κ1) is 24.5. The van der Waals surface area contributed by atoms with Crippen LogP contribution in [-0.2, 0) is 9.53 Å². The SMILES string of the molecule is CCN(CC)c1ccc(C2C(C(=O)OC)=C(C)N=c3s/c(=C/c4ccc(OC)cc4)c(=O)n32)cc1. The zero-order chi connectivity index (χ0) is 25.1. The van der Waals surface area contributed by atoms with E-state index in [1.807, 2.05) is 54.6 Å². The van der Waals surface area contributed by atoms with Gasteiger partial charge in [0.2, 0.25) is 0 Å². The summed E-state index contributed by atoms with van der Waals surface area (Å²) in [6.45, 7) is 7.79. The van der Waals surface area contributed by atoms with Gasteiger partial charge in [0.15, 0.2) is 4.80 Å². The number of rotatable bonds is 7. The first-order chi connectivity index (χ1) is 16.9. The molecule has 2 heterocycles. The first-order valence-corrected chi connectivity index (χ1v) is 12.3. The fraction of sp³-hybridized carbons (Fsp3) is 0.296. The third kappa shape index (κ3) is 4.66. The van der Waals surface area contributed by atoms with Crippen molar-refractivity contribution in [3.8, 4) is 5.75 Å². The van der Waals surface area contributed by atoms with E-state index in [9.17, 15) is 9.59 Å². The second-order valence-electron chi connectivity index (χ2n) is 8.11. The Labute approximate surface area is 208 Å². The Morgan fingerprint density at radius 3 is 2.31 bits per heavy atom. The van der Waals surface area contributed by atoms with Gasteiger partial charge in [-0.1, -0.05) is 35.6 Å². The molecule has 4 rings (SSSR count). The predicted octanol–water partition coefficient (Wildman–Crippen LogP) is 3.26. The number of anilines is 1. The molecule has 0 bridgehead atoms. The van der Waals surface area contributed by atoms with Crippen LogP contribution in [0.5, 0.6) is 5.75 Å². The van der Waals surface area contributed by atoms with Crippen LogP contribution in [0, 0.1) is 0 Å². The minimum Gasteiger partial charge on any atom is -0.497 e. The Kier molecular flexibility index (Phi) is 7.21. The van der Waals surface area contributed by atoms with E-state index in [4.69, 9.17) is 9.47 Å². The quantitative estimate of drug-likeness (QED) is 0.475. The van der Waals surface area contributed by atoms with E-state index in [1.165, 1.54) is 18.4 Å². The van der Waals surface area contributed by atoms with Crippen molar-refractivity contribution < 1.29 is 14.3 Å². The average Bonchev–Trinajstić information content (AvgIpc) is 3.18. The van der Waals surface area contributed by atoms with Gasteiger partial charge in [-0.25, -0.2) is 9.79 Å². The fourth-order valence-electron chi connectivity index (χ4n) is 4.32. The van der Waals surface area contributed by atoms with Crippen molar-refractivity contribution in [1.82, 2.24) is 4.57 Å². The third-order valence-corrected chi connectivity index (χ3v) is 7.16. The van der Waals surface area contributed by atoms with Crippen LogP contribution in [0.2, 0.25) is 0 Å². The van der Waals surface area contributed by atoms with Gasteiger partial charge in [-0.2, -0.15) is 0 Å². The number of carbonyl (C=O) groups is 1. The lowest BCUT2D eigenvalue weighted by Crippen LogP contribution is -2.39. The molecule has 1 aliphatic heterocycles. The van der Waals surface area contributed by atoms with Crippen molar-refractivity contribution >= 4 is 29.1 Å². The number of benzene rings is 2. The fourth-order valence-corrected chi connectivity index (χ4v) is 5.36. The molecule has 1 atom stereocenters. The third-order valence-electron chi connectivity index (χ3n) is 6.18. The van der Waals surface area contributed by atoms with Gasteiger partial charge in [0.05, 0.1) is 36.1 Å². The van der Waals surface area contributed by atoms with E-state index in [1.54, 1.807) is 18.6 Å². The first-order valence-electron chi connectivity index (χ1n) is 11.5. The zero-order valence-corrected chi connectivity index (χ0v) is 21.4. The average molecular weight is 492 g/mol. The summed E-state index contributed by atoms with van der Waals surface area (Å²) in [4.78, 5) is 33.9. The van der Waals surface area contributed by atoms with Crippen molar-refractivity contribution in [1.29, 1.82) is 0 Å². The second-order valence-corrected chi connectivity index (χ2v) is 9.12. The molecule has 7 nitrogen and oxygen atoms in total. The molecular formula is C27H29N3O4S. The molecule has 0 N–H and O–H groups in total. The predicted molar refractivity (Wildman–Crippen MR) is 139 cm³/mol. The summed E-state index contributed by atoms with van der Waals surface area (Å²) in [5.41, 5.74) is 3.51. The maximum atomic E-state index is 13.6. The molecule has 1 aliphatic rings. The highest BCUT2D eigenvalue weighted by Crippen LogP contribution is 2.31. The molecule has 1 aromatic heterocycles. The number of fused-ring (bicyclic) bond motifs is 1. The van der Waals surface area contributed by atoms with Gasteiger partial charge in [0, 0.05) is 18.8 Å². The van der Waals surface area contributed by atoms with E-state index in [2.05, 4.69) is 23.7 Å². The lowest BCUT2D eigenvalue weighted by atomic mass is 9.95. The molecule has 0 saturated carbocycles. The van der Waals surface area contributed by atoms with Crippen LogP contribution >= 0.6 is 11.3 Å². The van der Waals surface area contributed by atoms with E-state index in [0.717, 1.165) is 35.7 Å². The van der Waals surface area contributed by atoms with Gasteiger partial charge >= 0.3 is 5.97 Å². The summed E-state index contributed by atoms with van der Waals surface area (Å²) in [7, 11) is 2.96. The largest absolute Gasteiger partial charge is 0.497 e. The minimum absolute atomic E-state index is 0.198. The molecule has 0 amide bonds. The summed E-state index contributed by atoms with van der Waals surface area (Å²) >= 11 is 1.31. The Bertz CT molecular complexity index is 1430. The van der Waals surface area contributed by atoms with Crippen molar-refractivity contribution in [2.24, 2.45) is 4.99 Å². The Hall–Kier alpha value is -3.65. The number of carbonyl (C=O) groups excluding carboxylic acids is 1. The van der Waals surface area contributed by atoms with Gasteiger partial charge < -0.3 is 14.4 Å². The normalized spacial score (nSPS) is 15.5. The highest BCUT2D eigenvalue weighted by molar-refractivity contribution is 7.07. The highest BCUT2D eigenvalue weighted by Gasteiger charge is 2.33. The van der Waals surface area contributed by atoms with Gasteiger partial charge in [0.1, 0.15) is 5.75 Å². The van der Waals surface area contributed by atoms with Crippen LogP contribution < -0.4 is 24.5 Å². The minimum atomic E-state index is -0.623. The number of hydrogen-bond acceptors (Lipinski definition) is 7. The lowest BCUT2D eigenvalue weighted by molar-refractivity contribution is -0.136. The number of esters is 1. The molecule has 0 aliphatic carbocycles. The van der Waals surface area contributed by atoms with Gasteiger partial charge in [-0.15, -0.1) is 0 Å². The van der Waals surface area contributed by atoms with Gasteiger partial charge in [0.25, 0.3) is 5.56 Å². The van der Waals surface area contributed by atoms with Crippen molar-refractivity contribution in [3.05, 3.63) is 90.6 Å². The molecule has 182 valence electrons. The van der Waals surface area contributed by atoms with E-state index in [0.29, 0.717) is 20.6 Å². The zero-order valence-electron chi connectivity index (χ0n) is 20.6. The molecule has 0 fully saturated rings. The maximum Gasteiger partial charge on any atom is 0.338 e. The summed E-state index contributed by atoms with van der Waals surface area (Å²) in [5, 5.41) is 0. The van der Waals surface area contributed by atoms with Crippen molar-refractivity contribution in [3.63, 3.8) is 0 Å². The number of allylic oxidation sites excluding steroid dienone is 1. The Morgan fingerprint density at radius 2 is 1.74 bits per heavy atom. The topological polar surface area (TPSA) is 73.1 Å². The smallest absolute Gasteiger partial charge is 0.338 e. The number of hydrogen-bond donors (Lipinski definition) is 0. The summed E-state index contributed by atoms with van der Waals surface area (Å²) in [6.07, 6.45) is 1.83. The Morgan fingerprint density at radius 1 is 1.09 bits per heavy atom. The van der Waals surface area contributed by atoms with Crippen LogP contribution in [0.25, 0.3) is 6.08 Å². The molecule has 0 radical (unpaired) electrons. The van der Waals surface area contributed by atoms with Crippen molar-refractivity contribution in [2.45, 2.75) is 26.8 Å². The second kappa shape index (κ2) is 10.3. The number of ether oxygens (including phenoxy) is 2. The molecule has 3 aromatic rings. The van der Waals surface area contributed by atoms with Gasteiger partial charge in [-0.3, -0.25) is 9.36 Å². The molecule has 2 aromatic carbocycles. The summed E-state index contributed by atoms with van der Waals surface area (Å²) < 4.78 is 12.5. The maximum absolute atomic E-state index is 13.6. The molecule has 35 heavy (non-hydrogen) atoms. The van der Waals surface area contributed by atoms with E-state index in [-0.39, 0.29) is 5.56 Å². The van der Waals surface area contributed by atoms with Crippen LogP contribution in [0.15, 0.2) is 69.6 Å². The molecule has 0 saturated heterocycles. The monoisotopic (exact) mass is 491 g/mol. The summed E-state index contributed by atoms with van der Waals surface area (Å²) in [5.74, 6) is 0.253. The number of methoxy groups -OCH3 is 2. The molecule has 0 spiro atoms. The lowest BCUT2D eigenvalue weighted by Gasteiger charge is -2.26. The standard InChI is InChI=1S/C27H29N3O4S/c1-6-29(7-2)20-12-10-19(11-13-20)24-23(26(32)34-5)17(3)28-27-30(24)25(31)22(35-27)16-18-8-14-21(33-4)15-9-18/h8-16,24H,6-7H2,1-5H3/b22-16+. The number of aromatic nitrogens is 1. The van der Waals surface area contributed by atoms with Crippen LogP contribution in [0.1, 0.15) is 37.9 Å². The summed E-state index contributed by atoms with van der Waals surface area (Å²) in [6, 6.07) is 14.9.